The van der Waals surface area contributed by atoms with Crippen LogP contribution >= 0.6 is 0 Å². The first-order valence-electron chi connectivity index (χ1n) is 19.7. The Morgan fingerprint density at radius 2 is 0.966 bits per heavy atom. The van der Waals surface area contributed by atoms with Gasteiger partial charge < -0.3 is 18.3 Å². The van der Waals surface area contributed by atoms with Crippen molar-refractivity contribution < 1.29 is 8.83 Å². The summed E-state index contributed by atoms with van der Waals surface area (Å²) >= 11 is 0. The second-order valence-electron chi connectivity index (χ2n) is 14.8. The van der Waals surface area contributed by atoms with E-state index in [9.17, 15) is 0 Å². The highest BCUT2D eigenvalue weighted by molar-refractivity contribution is 6.13. The van der Waals surface area contributed by atoms with Gasteiger partial charge in [0.15, 0.2) is 0 Å². The zero-order valence-electron chi connectivity index (χ0n) is 31.3. The van der Waals surface area contributed by atoms with Crippen LogP contribution in [0.5, 0.6) is 0 Å². The molecule has 0 bridgehead atoms. The number of para-hydroxylation sites is 7. The van der Waals surface area contributed by atoms with Crippen molar-refractivity contribution in [2.45, 2.75) is 0 Å². The number of hydrogen-bond acceptors (Lipinski definition) is 3. The largest absolute Gasteiger partial charge is 0.456 e. The van der Waals surface area contributed by atoms with E-state index in [1.54, 1.807) is 0 Å². The molecule has 0 radical (unpaired) electrons. The molecule has 0 aliphatic heterocycles. The van der Waals surface area contributed by atoms with Crippen LogP contribution in [0.2, 0.25) is 0 Å². The summed E-state index contributed by atoms with van der Waals surface area (Å²) in [7, 11) is 0. The molecule has 4 nitrogen and oxygen atoms in total. The molecule has 0 fully saturated rings. The van der Waals surface area contributed by atoms with E-state index in [0.717, 1.165) is 99.9 Å². The van der Waals surface area contributed by atoms with Gasteiger partial charge >= 0.3 is 0 Å². The number of benzene rings is 9. The van der Waals surface area contributed by atoms with Crippen molar-refractivity contribution in [3.63, 3.8) is 0 Å². The maximum Gasteiger partial charge on any atom is 0.143 e. The average molecular weight is 743 g/mol. The SMILES string of the molecule is c1ccc(N(c2ccc3c4ccccc4n(-c4ccccc4-c4cccc5c4oc4ccccc45)c3c2)c2ccccc2-c2ccc3oc4ccccc4c3c2)cc1. The summed E-state index contributed by atoms with van der Waals surface area (Å²) in [5.74, 6) is 0. The van der Waals surface area contributed by atoms with Gasteiger partial charge in [-0.15, -0.1) is 0 Å². The van der Waals surface area contributed by atoms with Gasteiger partial charge in [0.05, 0.1) is 22.4 Å². The van der Waals surface area contributed by atoms with Crippen molar-refractivity contribution in [1.29, 1.82) is 0 Å². The molecule has 58 heavy (non-hydrogen) atoms. The van der Waals surface area contributed by atoms with Crippen LogP contribution in [0.3, 0.4) is 0 Å². The van der Waals surface area contributed by atoms with Crippen molar-refractivity contribution in [2.24, 2.45) is 0 Å². The zero-order valence-corrected chi connectivity index (χ0v) is 31.3. The molecule has 3 aromatic heterocycles. The summed E-state index contributed by atoms with van der Waals surface area (Å²) < 4.78 is 15.3. The molecule has 12 aromatic rings. The van der Waals surface area contributed by atoms with E-state index in [1.165, 1.54) is 10.8 Å². The predicted molar refractivity (Wildman–Crippen MR) is 241 cm³/mol. The second kappa shape index (κ2) is 12.9. The molecular formula is C54H34N2O2. The van der Waals surface area contributed by atoms with E-state index in [2.05, 4.69) is 191 Å². The fraction of sp³-hybridized carbons (Fsp3) is 0. The lowest BCUT2D eigenvalue weighted by molar-refractivity contribution is 0.669. The number of aromatic nitrogens is 1. The number of nitrogens with zero attached hydrogens (tertiary/aromatic N) is 2. The first kappa shape index (κ1) is 32.4. The molecule has 4 heteroatoms. The van der Waals surface area contributed by atoms with Crippen LogP contribution in [0.4, 0.5) is 17.1 Å². The van der Waals surface area contributed by atoms with Crippen LogP contribution < -0.4 is 4.90 Å². The Labute approximate surface area is 334 Å². The smallest absolute Gasteiger partial charge is 0.143 e. The monoisotopic (exact) mass is 742 g/mol. The summed E-state index contributed by atoms with van der Waals surface area (Å²) in [6, 6.07) is 73.3. The van der Waals surface area contributed by atoms with Gasteiger partial charge in [0.25, 0.3) is 0 Å². The maximum absolute atomic E-state index is 6.60. The zero-order chi connectivity index (χ0) is 38.2. The van der Waals surface area contributed by atoms with Crippen LogP contribution in [-0.4, -0.2) is 4.57 Å². The Morgan fingerprint density at radius 1 is 0.345 bits per heavy atom. The molecule has 0 aliphatic rings. The highest BCUT2D eigenvalue weighted by Crippen LogP contribution is 2.45. The van der Waals surface area contributed by atoms with Crippen LogP contribution in [-0.2, 0) is 0 Å². The number of fused-ring (bicyclic) bond motifs is 9. The van der Waals surface area contributed by atoms with Gasteiger partial charge in [-0.3, -0.25) is 0 Å². The third kappa shape index (κ3) is 4.95. The van der Waals surface area contributed by atoms with Gasteiger partial charge in [0, 0.05) is 60.4 Å². The number of rotatable bonds is 6. The molecule has 0 atom stereocenters. The van der Waals surface area contributed by atoms with Crippen LogP contribution in [0.15, 0.2) is 215 Å². The molecule has 272 valence electrons. The van der Waals surface area contributed by atoms with E-state index in [1.807, 2.05) is 24.3 Å². The second-order valence-corrected chi connectivity index (χ2v) is 14.8. The Hall–Kier alpha value is -7.82. The Balaban J connectivity index is 1.09. The van der Waals surface area contributed by atoms with Gasteiger partial charge in [0.2, 0.25) is 0 Å². The molecule has 9 aromatic carbocycles. The molecular weight excluding hydrogens is 709 g/mol. The van der Waals surface area contributed by atoms with E-state index >= 15 is 0 Å². The lowest BCUT2D eigenvalue weighted by atomic mass is 9.99. The first-order valence-corrected chi connectivity index (χ1v) is 19.7. The lowest BCUT2D eigenvalue weighted by Gasteiger charge is -2.28. The molecule has 0 aliphatic carbocycles. The van der Waals surface area contributed by atoms with Crippen molar-refractivity contribution in [2.75, 3.05) is 4.90 Å². The van der Waals surface area contributed by atoms with Crippen molar-refractivity contribution in [3.8, 4) is 27.9 Å². The average Bonchev–Trinajstić information content (AvgIpc) is 3.96. The summed E-state index contributed by atoms with van der Waals surface area (Å²) in [6.07, 6.45) is 0. The first-order chi connectivity index (χ1) is 28.8. The molecule has 0 amide bonds. The lowest BCUT2D eigenvalue weighted by Crippen LogP contribution is -2.11. The van der Waals surface area contributed by atoms with Gasteiger partial charge in [0.1, 0.15) is 22.3 Å². The Morgan fingerprint density at radius 3 is 1.83 bits per heavy atom. The molecule has 0 unspecified atom stereocenters. The van der Waals surface area contributed by atoms with Crippen molar-refractivity contribution >= 4 is 82.7 Å². The number of anilines is 3. The fourth-order valence-corrected chi connectivity index (χ4v) is 9.02. The molecule has 3 heterocycles. The highest BCUT2D eigenvalue weighted by atomic mass is 16.3. The molecule has 0 N–H and O–H groups in total. The molecule has 0 saturated heterocycles. The molecule has 0 spiro atoms. The minimum absolute atomic E-state index is 0.887. The third-order valence-electron chi connectivity index (χ3n) is 11.6. The molecule has 0 saturated carbocycles. The van der Waals surface area contributed by atoms with Gasteiger partial charge in [-0.2, -0.15) is 0 Å². The number of hydrogen-bond donors (Lipinski definition) is 0. The van der Waals surface area contributed by atoms with Gasteiger partial charge in [-0.05, 0) is 72.3 Å². The quantitative estimate of drug-likeness (QED) is 0.170. The van der Waals surface area contributed by atoms with Crippen LogP contribution in [0.25, 0.3) is 93.6 Å². The maximum atomic E-state index is 6.60. The van der Waals surface area contributed by atoms with E-state index in [4.69, 9.17) is 8.83 Å². The summed E-state index contributed by atoms with van der Waals surface area (Å²) in [5, 5.41) is 6.86. The van der Waals surface area contributed by atoms with E-state index < -0.39 is 0 Å². The summed E-state index contributed by atoms with van der Waals surface area (Å²) in [6.45, 7) is 0. The van der Waals surface area contributed by atoms with Gasteiger partial charge in [-0.1, -0.05) is 140 Å². The van der Waals surface area contributed by atoms with Crippen molar-refractivity contribution in [1.82, 2.24) is 4.57 Å². The molecule has 12 rings (SSSR count). The minimum Gasteiger partial charge on any atom is -0.456 e. The Bertz CT molecular complexity index is 3530. The summed E-state index contributed by atoms with van der Waals surface area (Å²) in [5.41, 5.74) is 14.6. The third-order valence-corrected chi connectivity index (χ3v) is 11.6. The van der Waals surface area contributed by atoms with Crippen LogP contribution in [0.1, 0.15) is 0 Å². The van der Waals surface area contributed by atoms with Gasteiger partial charge in [-0.25, -0.2) is 0 Å². The topological polar surface area (TPSA) is 34.5 Å². The van der Waals surface area contributed by atoms with E-state index in [0.29, 0.717) is 0 Å². The Kier molecular flexibility index (Phi) is 7.20. The number of furan rings is 2. The van der Waals surface area contributed by atoms with E-state index in [-0.39, 0.29) is 0 Å². The predicted octanol–water partition coefficient (Wildman–Crippen LogP) is 15.4. The summed E-state index contributed by atoms with van der Waals surface area (Å²) in [4.78, 5) is 2.38. The fourth-order valence-electron chi connectivity index (χ4n) is 9.02. The standard InChI is InChI=1S/C54H34N2O2/c1-2-15-36(16-3-1)55(47-24-9-4-17-38(47)35-29-32-53-46(33-35)43-21-8-12-27-51(43)57-53)37-30-31-41-39-18-5-10-25-48(39)56(50(41)34-37)49-26-11-6-19-40(49)44-22-14-23-45-42-20-7-13-28-52(42)58-54(44)45/h1-34H. The normalized spacial score (nSPS) is 11.8. The van der Waals surface area contributed by atoms with Crippen LogP contribution in [0, 0.1) is 0 Å². The van der Waals surface area contributed by atoms with Crippen molar-refractivity contribution in [3.05, 3.63) is 206 Å². The minimum atomic E-state index is 0.887. The highest BCUT2D eigenvalue weighted by Gasteiger charge is 2.22.